The van der Waals surface area contributed by atoms with Crippen molar-refractivity contribution in [3.8, 4) is 0 Å². The summed E-state index contributed by atoms with van der Waals surface area (Å²) in [5.41, 5.74) is 2.07. The number of fused-ring (bicyclic) bond motifs is 2. The molecule has 3 N–H and O–H groups in total. The Balaban J connectivity index is 2.10. The predicted octanol–water partition coefficient (Wildman–Crippen LogP) is 1.33. The van der Waals surface area contributed by atoms with Gasteiger partial charge in [0.1, 0.15) is 10.9 Å². The summed E-state index contributed by atoms with van der Waals surface area (Å²) in [6, 6.07) is 5.31. The second-order valence-corrected chi connectivity index (χ2v) is 6.44. The first-order valence-corrected chi connectivity index (χ1v) is 9.06. The van der Waals surface area contributed by atoms with E-state index in [0.29, 0.717) is 54.2 Å². The van der Waals surface area contributed by atoms with Crippen molar-refractivity contribution in [1.82, 2.24) is 14.7 Å². The summed E-state index contributed by atoms with van der Waals surface area (Å²) >= 11 is 0. The Kier molecular flexibility index (Phi) is 6.00. The number of carbonyl (C=O) groups excluding carboxylic acids is 1. The van der Waals surface area contributed by atoms with E-state index in [0.717, 1.165) is 5.56 Å². The smallest absolute Gasteiger partial charge is 0.325 e. The van der Waals surface area contributed by atoms with E-state index in [1.165, 1.54) is 4.40 Å². The van der Waals surface area contributed by atoms with Gasteiger partial charge >= 0.3 is 5.56 Å². The van der Waals surface area contributed by atoms with Crippen LogP contribution in [0.15, 0.2) is 41.8 Å². The quantitative estimate of drug-likeness (QED) is 0.348. The normalized spacial score (nSPS) is 10.9. The molecule has 0 aliphatic rings. The van der Waals surface area contributed by atoms with E-state index in [-0.39, 0.29) is 11.5 Å². The molecule has 0 fully saturated rings. The first-order chi connectivity index (χ1) is 13.5. The largest absolute Gasteiger partial charge is 0.385 e. The lowest BCUT2D eigenvalue weighted by Crippen LogP contribution is -2.29. The number of aryl methyl sites for hydroxylation is 1. The molecule has 0 bridgehead atoms. The van der Waals surface area contributed by atoms with Crippen LogP contribution >= 0.6 is 0 Å². The molecule has 0 radical (unpaired) electrons. The monoisotopic (exact) mass is 382 g/mol. The summed E-state index contributed by atoms with van der Waals surface area (Å²) in [4.78, 5) is 33.3. The lowest BCUT2D eigenvalue weighted by atomic mass is 10.2. The Morgan fingerprint density at radius 2 is 2.25 bits per heavy atom. The number of aromatic nitrogens is 3. The van der Waals surface area contributed by atoms with Crippen LogP contribution in [0, 0.1) is 6.92 Å². The molecule has 0 unspecified atom stereocenters. The Morgan fingerprint density at radius 3 is 3.00 bits per heavy atom. The highest BCUT2D eigenvalue weighted by Crippen LogP contribution is 2.17. The molecule has 146 valence electrons. The van der Waals surface area contributed by atoms with Crippen LogP contribution in [0.3, 0.4) is 0 Å². The zero-order valence-electron chi connectivity index (χ0n) is 16.0. The number of nitrogens with one attached hydrogen (secondary N) is 3. The molecule has 0 aliphatic carbocycles. The van der Waals surface area contributed by atoms with Gasteiger partial charge in [0.25, 0.3) is 11.6 Å². The highest BCUT2D eigenvalue weighted by molar-refractivity contribution is 6.01. The second-order valence-electron chi connectivity index (χ2n) is 6.44. The van der Waals surface area contributed by atoms with Gasteiger partial charge in [-0.25, -0.2) is 9.78 Å². The number of hydrogen-bond donors (Lipinski definition) is 2. The highest BCUT2D eigenvalue weighted by Gasteiger charge is 2.21. The molecule has 0 aliphatic heterocycles. The summed E-state index contributed by atoms with van der Waals surface area (Å²) < 4.78 is 6.52. The molecular formula is C20H24N5O3+. The number of anilines is 1. The van der Waals surface area contributed by atoms with Crippen molar-refractivity contribution in [3.63, 3.8) is 0 Å². The fraction of sp³-hybridized carbons (Fsp3) is 0.300. The standard InChI is InChI=1S/C20H23N5O3/c1-4-8-21-17-14(19(26)22-9-5-10-28-3)11-15-18(24-17)23-16-7-6-13(2)12-25(16)20(15)27/h4,6-7,11-12H,1,5,8-10H2,2-3H3,(H,21,24)(H,22,26)/p+1. The maximum Gasteiger partial charge on any atom is 0.325 e. The predicted molar refractivity (Wildman–Crippen MR) is 108 cm³/mol. The Labute approximate surface area is 162 Å². The van der Waals surface area contributed by atoms with Gasteiger partial charge in [0.2, 0.25) is 11.5 Å². The minimum atomic E-state index is -0.300. The van der Waals surface area contributed by atoms with Crippen LogP contribution in [0.4, 0.5) is 5.82 Å². The fourth-order valence-electron chi connectivity index (χ4n) is 2.89. The maximum absolute atomic E-state index is 13.0. The summed E-state index contributed by atoms with van der Waals surface area (Å²) in [6.07, 6.45) is 4.12. The minimum Gasteiger partial charge on any atom is -0.385 e. The third-order valence-corrected chi connectivity index (χ3v) is 4.28. The third-order valence-electron chi connectivity index (χ3n) is 4.28. The highest BCUT2D eigenvalue weighted by atomic mass is 16.5. The van der Waals surface area contributed by atoms with Crippen molar-refractivity contribution in [2.75, 3.05) is 32.1 Å². The number of methoxy groups -OCH3 is 1. The van der Waals surface area contributed by atoms with Crippen LogP contribution in [-0.2, 0) is 4.74 Å². The number of pyridine rings is 2. The van der Waals surface area contributed by atoms with Gasteiger partial charge in [-0.3, -0.25) is 4.79 Å². The lowest BCUT2D eigenvalue weighted by molar-refractivity contribution is -0.319. The molecule has 8 nitrogen and oxygen atoms in total. The van der Waals surface area contributed by atoms with Crippen LogP contribution in [0.2, 0.25) is 0 Å². The van der Waals surface area contributed by atoms with E-state index < -0.39 is 0 Å². The van der Waals surface area contributed by atoms with Gasteiger partial charge in [-0.1, -0.05) is 11.1 Å². The average molecular weight is 382 g/mol. The van der Waals surface area contributed by atoms with Crippen LogP contribution in [0.5, 0.6) is 0 Å². The lowest BCUT2D eigenvalue weighted by Gasteiger charge is -2.09. The van der Waals surface area contributed by atoms with Crippen molar-refractivity contribution in [3.05, 3.63) is 58.5 Å². The summed E-state index contributed by atoms with van der Waals surface area (Å²) in [5, 5.41) is 6.25. The van der Waals surface area contributed by atoms with Gasteiger partial charge < -0.3 is 15.4 Å². The molecule has 8 heteroatoms. The number of hydrogen-bond acceptors (Lipinski definition) is 5. The first-order valence-electron chi connectivity index (χ1n) is 9.06. The van der Waals surface area contributed by atoms with E-state index in [9.17, 15) is 9.59 Å². The van der Waals surface area contributed by atoms with Gasteiger partial charge in [-0.2, -0.15) is 4.40 Å². The number of ether oxygens (including phenoxy) is 1. The number of aromatic amines is 1. The molecule has 0 spiro atoms. The topological polar surface area (TPSA) is 98.9 Å². The van der Waals surface area contributed by atoms with Crippen LogP contribution in [-0.4, -0.2) is 42.1 Å². The van der Waals surface area contributed by atoms with Crippen molar-refractivity contribution in [2.24, 2.45) is 0 Å². The van der Waals surface area contributed by atoms with Gasteiger partial charge in [0.05, 0.1) is 6.20 Å². The zero-order chi connectivity index (χ0) is 20.1. The fourth-order valence-corrected chi connectivity index (χ4v) is 2.89. The zero-order valence-corrected chi connectivity index (χ0v) is 16.0. The Bertz CT molecular complexity index is 1090. The minimum absolute atomic E-state index is 0.233. The summed E-state index contributed by atoms with van der Waals surface area (Å²) in [6.45, 7) is 7.05. The van der Waals surface area contributed by atoms with E-state index in [1.54, 1.807) is 25.4 Å². The molecular weight excluding hydrogens is 358 g/mol. The first kappa shape index (κ1) is 19.5. The van der Waals surface area contributed by atoms with E-state index >= 15 is 0 Å². The second kappa shape index (κ2) is 8.62. The van der Waals surface area contributed by atoms with Crippen molar-refractivity contribution < 1.29 is 14.5 Å². The average Bonchev–Trinajstić information content (AvgIpc) is 2.69. The molecule has 0 saturated heterocycles. The molecule has 3 rings (SSSR count). The summed E-state index contributed by atoms with van der Waals surface area (Å²) in [5.74, 6) is 0.0922. The van der Waals surface area contributed by atoms with Crippen LogP contribution in [0.1, 0.15) is 22.3 Å². The number of nitrogens with zero attached hydrogens (tertiary/aromatic N) is 2. The molecule has 3 aromatic rings. The molecule has 0 saturated carbocycles. The van der Waals surface area contributed by atoms with Gasteiger partial charge in [0, 0.05) is 32.9 Å². The van der Waals surface area contributed by atoms with E-state index in [4.69, 9.17) is 4.74 Å². The molecule has 28 heavy (non-hydrogen) atoms. The molecule has 3 heterocycles. The Morgan fingerprint density at radius 1 is 1.43 bits per heavy atom. The number of rotatable bonds is 8. The number of carbonyl (C=O) groups is 1. The van der Waals surface area contributed by atoms with Crippen molar-refractivity contribution >= 4 is 28.4 Å². The SMILES string of the molecule is C=CCNc1nc2[nH+]c3ccc(C)cn3c(=O)c2cc1C(=O)NCCCOC. The van der Waals surface area contributed by atoms with Gasteiger partial charge in [0.15, 0.2) is 0 Å². The van der Waals surface area contributed by atoms with E-state index in [2.05, 4.69) is 27.2 Å². The maximum atomic E-state index is 13.0. The van der Waals surface area contributed by atoms with Crippen LogP contribution in [0.25, 0.3) is 16.7 Å². The van der Waals surface area contributed by atoms with E-state index in [1.807, 2.05) is 19.1 Å². The van der Waals surface area contributed by atoms with Gasteiger partial charge in [-0.15, -0.1) is 6.58 Å². The molecule has 1 amide bonds. The number of amides is 1. The number of H-pyrrole nitrogens is 1. The van der Waals surface area contributed by atoms with Crippen LogP contribution < -0.4 is 21.2 Å². The third kappa shape index (κ3) is 4.01. The summed E-state index contributed by atoms with van der Waals surface area (Å²) in [7, 11) is 1.61. The molecule has 0 atom stereocenters. The molecule has 3 aromatic heterocycles. The van der Waals surface area contributed by atoms with Gasteiger partial charge in [-0.05, 0) is 31.0 Å². The Hall–Kier alpha value is -3.26. The molecule has 0 aromatic carbocycles. The van der Waals surface area contributed by atoms with Crippen molar-refractivity contribution in [2.45, 2.75) is 13.3 Å². The van der Waals surface area contributed by atoms with Crippen molar-refractivity contribution in [1.29, 1.82) is 0 Å².